The van der Waals surface area contributed by atoms with Crippen molar-refractivity contribution in [3.63, 3.8) is 0 Å². The number of halogens is 3. The van der Waals surface area contributed by atoms with Crippen molar-refractivity contribution in [2.75, 3.05) is 49.5 Å². The number of aromatic nitrogens is 4. The predicted octanol–water partition coefficient (Wildman–Crippen LogP) is 3.90. The van der Waals surface area contributed by atoms with Gasteiger partial charge in [-0.05, 0) is 101 Å². The molecule has 1 unspecified atom stereocenters. The van der Waals surface area contributed by atoms with Gasteiger partial charge in [-0.3, -0.25) is 43.5 Å². The molecule has 0 bridgehead atoms. The summed E-state index contributed by atoms with van der Waals surface area (Å²) in [6.45, 7) is 10.7. The normalized spacial score (nSPS) is 20.6. The van der Waals surface area contributed by atoms with Crippen LogP contribution in [0.3, 0.4) is 0 Å². The number of amides is 3. The summed E-state index contributed by atoms with van der Waals surface area (Å²) in [6.07, 6.45) is 1.25. The second kappa shape index (κ2) is 14.4. The number of hydrogen-bond donors (Lipinski definition) is 2. The van der Waals surface area contributed by atoms with Crippen molar-refractivity contribution < 1.29 is 27.6 Å². The van der Waals surface area contributed by atoms with Gasteiger partial charge in [-0.2, -0.15) is 23.5 Å². The number of piperidine rings is 2. The molecule has 2 N–H and O–H groups in total. The summed E-state index contributed by atoms with van der Waals surface area (Å²) in [4.78, 5) is 62.8. The van der Waals surface area contributed by atoms with Crippen molar-refractivity contribution >= 4 is 40.0 Å². The summed E-state index contributed by atoms with van der Waals surface area (Å²) < 4.78 is 43.3. The van der Waals surface area contributed by atoms with Crippen LogP contribution in [-0.2, 0) is 26.1 Å². The van der Waals surface area contributed by atoms with Crippen molar-refractivity contribution in [3.8, 4) is 6.07 Å². The molecule has 0 radical (unpaired) electrons. The van der Waals surface area contributed by atoms with Crippen molar-refractivity contribution in [1.82, 2.24) is 34.4 Å². The number of nitrogens with zero attached hydrogens (tertiary/aromatic N) is 8. The summed E-state index contributed by atoms with van der Waals surface area (Å²) >= 11 is 0. The third-order valence-corrected chi connectivity index (χ3v) is 12.2. The molecule has 4 saturated heterocycles. The Labute approximate surface area is 326 Å². The van der Waals surface area contributed by atoms with Crippen LogP contribution >= 0.6 is 0 Å². The Hall–Kier alpha value is -5.60. The lowest BCUT2D eigenvalue weighted by Gasteiger charge is -2.55. The molecule has 0 saturated carbocycles. The molecule has 3 amide bonds. The summed E-state index contributed by atoms with van der Waals surface area (Å²) in [5.41, 5.74) is -0.529. The van der Waals surface area contributed by atoms with Crippen LogP contribution < -0.4 is 21.1 Å². The number of alkyl halides is 3. The smallest absolute Gasteiger partial charge is 0.368 e. The molecule has 17 heteroatoms. The van der Waals surface area contributed by atoms with E-state index >= 15 is 0 Å². The maximum absolute atomic E-state index is 13.5. The van der Waals surface area contributed by atoms with Gasteiger partial charge in [-0.15, -0.1) is 0 Å². The molecule has 1 atom stereocenters. The molecule has 4 fully saturated rings. The Balaban J connectivity index is 0.810. The molecule has 298 valence electrons. The van der Waals surface area contributed by atoms with Gasteiger partial charge >= 0.3 is 6.18 Å². The zero-order chi connectivity index (χ0) is 40.4. The van der Waals surface area contributed by atoms with Crippen molar-refractivity contribution in [2.45, 2.75) is 82.2 Å². The molecule has 4 aliphatic rings. The van der Waals surface area contributed by atoms with E-state index < -0.39 is 40.7 Å². The number of rotatable bonds is 8. The van der Waals surface area contributed by atoms with Gasteiger partial charge in [0.25, 0.3) is 11.5 Å². The molecule has 57 heavy (non-hydrogen) atoms. The van der Waals surface area contributed by atoms with E-state index in [4.69, 9.17) is 5.26 Å². The number of nitrogens with one attached hydrogen (secondary N) is 2. The number of aryl methyl sites for hydroxylation is 1. The Morgan fingerprint density at radius 3 is 2.37 bits per heavy atom. The quantitative estimate of drug-likeness (QED) is 0.251. The van der Waals surface area contributed by atoms with E-state index in [-0.39, 0.29) is 35.9 Å². The maximum Gasteiger partial charge on any atom is 0.417 e. The molecule has 6 heterocycles. The van der Waals surface area contributed by atoms with Gasteiger partial charge < -0.3 is 10.2 Å². The van der Waals surface area contributed by atoms with Crippen LogP contribution in [-0.4, -0.2) is 98.2 Å². The molecule has 0 aliphatic carbocycles. The highest BCUT2D eigenvalue weighted by Crippen LogP contribution is 2.36. The molecule has 8 rings (SSSR count). The number of carbonyl (C=O) groups excluding carboxylic acids is 3. The fraction of sp³-hybridized carbons (Fsp3) is 0.475. The molecule has 2 aromatic carbocycles. The molecule has 4 aromatic rings. The monoisotopic (exact) mass is 784 g/mol. The molecular weight excluding hydrogens is 741 g/mol. The number of carbonyl (C=O) groups is 3. The summed E-state index contributed by atoms with van der Waals surface area (Å²) in [6, 6.07) is 10.5. The fourth-order valence-corrected chi connectivity index (χ4v) is 8.50. The van der Waals surface area contributed by atoms with Crippen molar-refractivity contribution in [2.24, 2.45) is 0 Å². The fourth-order valence-electron chi connectivity index (χ4n) is 8.50. The topological polar surface area (TPSA) is 161 Å². The second-order valence-electron chi connectivity index (χ2n) is 16.1. The SMILES string of the molecule is Cc1nc2cc(N3CC(N4CC(N5CCC(c6cnn(C(C)(C)C(=O)Nc7ccc(C#N)c(C(F)(F)F)c7)c6)CC5)C4)C3)ccc2c(=O)n1C1CCC(=O)NC1=O. The highest BCUT2D eigenvalue weighted by Gasteiger charge is 2.42. The number of benzene rings is 2. The van der Waals surface area contributed by atoms with E-state index in [1.807, 2.05) is 18.3 Å². The minimum Gasteiger partial charge on any atom is -0.368 e. The molecule has 0 spiro atoms. The van der Waals surface area contributed by atoms with E-state index in [9.17, 15) is 32.3 Å². The van der Waals surface area contributed by atoms with Gasteiger partial charge in [0.15, 0.2) is 0 Å². The van der Waals surface area contributed by atoms with Gasteiger partial charge in [0.05, 0.1) is 34.3 Å². The van der Waals surface area contributed by atoms with Crippen LogP contribution in [0.25, 0.3) is 10.9 Å². The van der Waals surface area contributed by atoms with Gasteiger partial charge in [0, 0.05) is 62.3 Å². The predicted molar refractivity (Wildman–Crippen MR) is 203 cm³/mol. The highest BCUT2D eigenvalue weighted by molar-refractivity contribution is 5.99. The number of anilines is 2. The first-order valence-corrected chi connectivity index (χ1v) is 19.2. The zero-order valence-corrected chi connectivity index (χ0v) is 31.8. The van der Waals surface area contributed by atoms with Crippen LogP contribution in [0.1, 0.15) is 74.0 Å². The van der Waals surface area contributed by atoms with Crippen LogP contribution in [0.4, 0.5) is 24.5 Å². The van der Waals surface area contributed by atoms with Crippen molar-refractivity contribution in [3.05, 3.63) is 81.7 Å². The Bertz CT molecular complexity index is 2360. The molecule has 2 aromatic heterocycles. The van der Waals surface area contributed by atoms with E-state index in [1.165, 1.54) is 10.6 Å². The van der Waals surface area contributed by atoms with E-state index in [0.29, 0.717) is 28.8 Å². The first-order chi connectivity index (χ1) is 27.1. The zero-order valence-electron chi connectivity index (χ0n) is 31.8. The minimum absolute atomic E-state index is 0.0512. The third-order valence-electron chi connectivity index (χ3n) is 12.2. The first kappa shape index (κ1) is 38.3. The lowest BCUT2D eigenvalue weighted by molar-refractivity contribution is -0.138. The van der Waals surface area contributed by atoms with Gasteiger partial charge in [0.1, 0.15) is 17.4 Å². The Morgan fingerprint density at radius 2 is 1.68 bits per heavy atom. The van der Waals surface area contributed by atoms with Crippen LogP contribution in [0.2, 0.25) is 0 Å². The lowest BCUT2D eigenvalue weighted by Crippen LogP contribution is -2.70. The second-order valence-corrected chi connectivity index (χ2v) is 16.1. The first-order valence-electron chi connectivity index (χ1n) is 19.2. The number of hydrogen-bond acceptors (Lipinski definition) is 10. The number of likely N-dealkylation sites (tertiary alicyclic amines) is 2. The largest absolute Gasteiger partial charge is 0.417 e. The summed E-state index contributed by atoms with van der Waals surface area (Å²) in [5.74, 6) is -0.625. The molecule has 4 aliphatic heterocycles. The Morgan fingerprint density at radius 1 is 0.965 bits per heavy atom. The molecule has 14 nitrogen and oxygen atoms in total. The third kappa shape index (κ3) is 7.16. The summed E-state index contributed by atoms with van der Waals surface area (Å²) in [5, 5.41) is 18.9. The van der Waals surface area contributed by atoms with Gasteiger partial charge in [-0.1, -0.05) is 0 Å². The van der Waals surface area contributed by atoms with E-state index in [0.717, 1.165) is 75.5 Å². The van der Waals surface area contributed by atoms with Crippen LogP contribution in [0.5, 0.6) is 0 Å². The standard InChI is InChI=1S/C40H43F3N10O4/c1-23-46-33-15-28(6-7-31(33)37(56)53(23)34-8-9-35(54)48-36(34)55)50-21-30(22-50)51-19-29(20-51)49-12-10-24(11-13-49)26-17-45-52(18-26)39(2,3)38(57)47-27-5-4-25(16-44)32(14-27)40(41,42)43/h4-7,14-15,17-18,24,29-30,34H,8-13,19-22H2,1-3H3,(H,47,57)(H,48,54,55). The number of fused-ring (bicyclic) bond motifs is 1. The van der Waals surface area contributed by atoms with Gasteiger partial charge in [-0.25, -0.2) is 4.98 Å². The van der Waals surface area contributed by atoms with Crippen LogP contribution in [0.15, 0.2) is 53.6 Å². The maximum atomic E-state index is 13.5. The lowest BCUT2D eigenvalue weighted by atomic mass is 9.89. The highest BCUT2D eigenvalue weighted by atomic mass is 19.4. The van der Waals surface area contributed by atoms with E-state index in [2.05, 4.69) is 35.4 Å². The van der Waals surface area contributed by atoms with Crippen molar-refractivity contribution in [1.29, 1.82) is 5.26 Å². The Kier molecular flexibility index (Phi) is 9.68. The molecular formula is C40H43F3N10O4. The van der Waals surface area contributed by atoms with Crippen LogP contribution in [0, 0.1) is 18.3 Å². The average Bonchev–Trinajstić information content (AvgIpc) is 3.64. The summed E-state index contributed by atoms with van der Waals surface area (Å²) in [7, 11) is 0. The van der Waals surface area contributed by atoms with Gasteiger partial charge in [0.2, 0.25) is 11.8 Å². The number of imide groups is 1. The number of nitriles is 1. The average molecular weight is 785 g/mol. The minimum atomic E-state index is -4.73. The van der Waals surface area contributed by atoms with E-state index in [1.54, 1.807) is 43.8 Å².